The van der Waals surface area contributed by atoms with E-state index in [1.54, 1.807) is 25.2 Å². The zero-order valence-electron chi connectivity index (χ0n) is 11.6. The Bertz CT molecular complexity index is 533. The zero-order valence-corrected chi connectivity index (χ0v) is 12.4. The minimum atomic E-state index is -0.968. The molecule has 0 aliphatic rings. The molecule has 0 unspecified atom stereocenters. The summed E-state index contributed by atoms with van der Waals surface area (Å²) in [6.07, 6.45) is 0.0950. The normalized spacial score (nSPS) is 10.0. The van der Waals surface area contributed by atoms with Gasteiger partial charge in [-0.3, -0.25) is 14.9 Å². The summed E-state index contributed by atoms with van der Waals surface area (Å²) >= 11 is 6.00. The van der Waals surface area contributed by atoms with Crippen LogP contribution in [-0.4, -0.2) is 35.0 Å². The van der Waals surface area contributed by atoms with Crippen molar-refractivity contribution in [1.29, 1.82) is 0 Å². The second-order valence-corrected chi connectivity index (χ2v) is 4.96. The first-order valence-corrected chi connectivity index (χ1v) is 6.78. The number of nitrogens with one attached hydrogen (secondary N) is 1. The quantitative estimate of drug-likeness (QED) is 0.843. The molecule has 1 rings (SSSR count). The highest BCUT2D eigenvalue weighted by atomic mass is 35.5. The molecule has 0 atom stereocenters. The number of carbonyl (C=O) groups excluding carboxylic acids is 2. The van der Waals surface area contributed by atoms with E-state index in [4.69, 9.17) is 16.7 Å². The van der Waals surface area contributed by atoms with E-state index in [0.29, 0.717) is 5.02 Å². The number of carboxylic acid groups (broad SMARTS) is 1. The third kappa shape index (κ3) is 6.27. The molecule has 21 heavy (non-hydrogen) atoms. The molecule has 114 valence electrons. The van der Waals surface area contributed by atoms with Crippen molar-refractivity contribution in [2.45, 2.75) is 25.8 Å². The summed E-state index contributed by atoms with van der Waals surface area (Å²) in [7, 11) is 1.54. The average Bonchev–Trinajstić information content (AvgIpc) is 2.40. The first-order valence-electron chi connectivity index (χ1n) is 6.40. The fraction of sp³-hybridized carbons (Fsp3) is 0.357. The lowest BCUT2D eigenvalue weighted by Crippen LogP contribution is -2.40. The number of carbonyl (C=O) groups is 3. The van der Waals surface area contributed by atoms with E-state index in [0.717, 1.165) is 5.56 Å². The molecule has 0 fully saturated rings. The second kappa shape index (κ2) is 8.26. The van der Waals surface area contributed by atoms with Gasteiger partial charge in [-0.25, -0.2) is 4.79 Å². The van der Waals surface area contributed by atoms with Crippen molar-refractivity contribution in [2.24, 2.45) is 0 Å². The molecular weight excluding hydrogens is 296 g/mol. The van der Waals surface area contributed by atoms with Gasteiger partial charge in [-0.2, -0.15) is 0 Å². The van der Waals surface area contributed by atoms with E-state index in [1.807, 2.05) is 6.07 Å². The molecule has 0 heterocycles. The predicted molar refractivity (Wildman–Crippen MR) is 77.9 cm³/mol. The number of hydrogen-bond acceptors (Lipinski definition) is 3. The third-order valence-electron chi connectivity index (χ3n) is 2.75. The Balaban J connectivity index is 2.42. The van der Waals surface area contributed by atoms with Gasteiger partial charge in [0.2, 0.25) is 5.91 Å². The van der Waals surface area contributed by atoms with E-state index < -0.39 is 17.9 Å². The molecule has 1 aromatic rings. The fourth-order valence-corrected chi connectivity index (χ4v) is 1.83. The third-order valence-corrected chi connectivity index (χ3v) is 3.12. The Hall–Kier alpha value is -2.08. The van der Waals surface area contributed by atoms with Crippen molar-refractivity contribution in [3.63, 3.8) is 0 Å². The number of urea groups is 1. The molecule has 7 heteroatoms. The molecule has 0 spiro atoms. The van der Waals surface area contributed by atoms with Gasteiger partial charge in [0.25, 0.3) is 0 Å². The fourth-order valence-electron chi connectivity index (χ4n) is 1.63. The molecule has 0 aliphatic heterocycles. The number of carboxylic acids is 1. The summed E-state index contributed by atoms with van der Waals surface area (Å²) in [6.45, 7) is 0.272. The minimum absolute atomic E-state index is 0.00201. The van der Waals surface area contributed by atoms with Crippen molar-refractivity contribution in [3.05, 3.63) is 34.9 Å². The van der Waals surface area contributed by atoms with E-state index in [1.165, 1.54) is 4.90 Å². The van der Waals surface area contributed by atoms with Gasteiger partial charge in [0, 0.05) is 31.5 Å². The molecule has 0 aromatic heterocycles. The van der Waals surface area contributed by atoms with Gasteiger partial charge in [0.05, 0.1) is 0 Å². The highest BCUT2D eigenvalue weighted by Crippen LogP contribution is 2.16. The van der Waals surface area contributed by atoms with Crippen LogP contribution in [0.2, 0.25) is 5.02 Å². The molecule has 2 N–H and O–H groups in total. The van der Waals surface area contributed by atoms with E-state index in [-0.39, 0.29) is 25.8 Å². The molecular formula is C14H17ClN2O4. The van der Waals surface area contributed by atoms with Crippen molar-refractivity contribution in [3.8, 4) is 0 Å². The lowest BCUT2D eigenvalue weighted by molar-refractivity contribution is -0.137. The maximum absolute atomic E-state index is 11.8. The molecule has 0 radical (unpaired) electrons. The number of aliphatic carboxylic acids is 1. The van der Waals surface area contributed by atoms with Gasteiger partial charge in [-0.15, -0.1) is 0 Å². The first kappa shape index (κ1) is 17.0. The largest absolute Gasteiger partial charge is 0.481 e. The predicted octanol–water partition coefficient (Wildman–Crippen LogP) is 2.26. The van der Waals surface area contributed by atoms with Gasteiger partial charge < -0.3 is 10.0 Å². The van der Waals surface area contributed by atoms with Crippen LogP contribution in [0.4, 0.5) is 4.79 Å². The van der Waals surface area contributed by atoms with Crippen molar-refractivity contribution in [1.82, 2.24) is 10.2 Å². The van der Waals surface area contributed by atoms with Crippen LogP contribution in [-0.2, 0) is 16.1 Å². The molecule has 1 aromatic carbocycles. The van der Waals surface area contributed by atoms with E-state index >= 15 is 0 Å². The van der Waals surface area contributed by atoms with E-state index in [9.17, 15) is 14.4 Å². The van der Waals surface area contributed by atoms with Crippen LogP contribution in [0.3, 0.4) is 0 Å². The Morgan fingerprint density at radius 2 is 1.90 bits per heavy atom. The Kier molecular flexibility index (Phi) is 6.68. The minimum Gasteiger partial charge on any atom is -0.481 e. The maximum atomic E-state index is 11.8. The second-order valence-electron chi connectivity index (χ2n) is 4.55. The summed E-state index contributed by atoms with van der Waals surface area (Å²) in [4.78, 5) is 34.9. The van der Waals surface area contributed by atoms with Gasteiger partial charge in [0.15, 0.2) is 0 Å². The highest BCUT2D eigenvalue weighted by molar-refractivity contribution is 6.31. The summed E-state index contributed by atoms with van der Waals surface area (Å²) in [6, 6.07) is 6.57. The lowest BCUT2D eigenvalue weighted by Gasteiger charge is -2.18. The Morgan fingerprint density at radius 3 is 2.52 bits per heavy atom. The number of benzene rings is 1. The number of nitrogens with zero attached hydrogens (tertiary/aromatic N) is 1. The number of hydrogen-bond donors (Lipinski definition) is 2. The first-order chi connectivity index (χ1) is 9.90. The highest BCUT2D eigenvalue weighted by Gasteiger charge is 2.14. The number of amides is 3. The average molecular weight is 313 g/mol. The van der Waals surface area contributed by atoms with Gasteiger partial charge in [0.1, 0.15) is 0 Å². The van der Waals surface area contributed by atoms with Crippen LogP contribution in [0.15, 0.2) is 24.3 Å². The summed E-state index contributed by atoms with van der Waals surface area (Å²) in [5, 5.41) is 11.2. The smallest absolute Gasteiger partial charge is 0.324 e. The number of imide groups is 1. The summed E-state index contributed by atoms with van der Waals surface area (Å²) < 4.78 is 0. The molecule has 0 bridgehead atoms. The van der Waals surface area contributed by atoms with Gasteiger partial charge >= 0.3 is 12.0 Å². The van der Waals surface area contributed by atoms with Crippen LogP contribution < -0.4 is 5.32 Å². The molecule has 6 nitrogen and oxygen atoms in total. The molecule has 0 saturated heterocycles. The van der Waals surface area contributed by atoms with Crippen molar-refractivity contribution < 1.29 is 19.5 Å². The Morgan fingerprint density at radius 1 is 1.24 bits per heavy atom. The topological polar surface area (TPSA) is 86.7 Å². The van der Waals surface area contributed by atoms with Crippen LogP contribution in [0, 0.1) is 0 Å². The van der Waals surface area contributed by atoms with Crippen LogP contribution >= 0.6 is 11.6 Å². The molecule has 3 amide bonds. The van der Waals surface area contributed by atoms with Crippen LogP contribution in [0.25, 0.3) is 0 Å². The lowest BCUT2D eigenvalue weighted by atomic mass is 10.2. The molecule has 0 aliphatic carbocycles. The van der Waals surface area contributed by atoms with E-state index in [2.05, 4.69) is 5.32 Å². The Labute approximate surface area is 127 Å². The summed E-state index contributed by atoms with van der Waals surface area (Å²) in [5.74, 6) is -1.46. The summed E-state index contributed by atoms with van der Waals surface area (Å²) in [5.41, 5.74) is 0.773. The van der Waals surface area contributed by atoms with Crippen LogP contribution in [0.5, 0.6) is 0 Å². The molecule has 0 saturated carbocycles. The standard InChI is InChI=1S/C14H17ClN2O4/c1-17(9-10-5-2-3-6-11(10)15)14(21)16-12(18)7-4-8-13(19)20/h2-3,5-6H,4,7-9H2,1H3,(H,19,20)(H,16,18,21). The number of rotatable bonds is 6. The van der Waals surface area contributed by atoms with Crippen molar-refractivity contribution >= 4 is 29.5 Å². The van der Waals surface area contributed by atoms with Crippen LogP contribution in [0.1, 0.15) is 24.8 Å². The zero-order chi connectivity index (χ0) is 15.8. The maximum Gasteiger partial charge on any atom is 0.324 e. The monoisotopic (exact) mass is 312 g/mol. The van der Waals surface area contributed by atoms with Gasteiger partial charge in [-0.05, 0) is 18.1 Å². The number of halogens is 1. The van der Waals surface area contributed by atoms with Crippen molar-refractivity contribution in [2.75, 3.05) is 7.05 Å². The SMILES string of the molecule is CN(Cc1ccccc1Cl)C(=O)NC(=O)CCCC(=O)O. The van der Waals surface area contributed by atoms with Gasteiger partial charge in [-0.1, -0.05) is 29.8 Å².